The number of nitrogens with one attached hydrogen (secondary N) is 1. The van der Waals surface area contributed by atoms with Gasteiger partial charge in [-0.2, -0.15) is 10.1 Å². The second-order valence-corrected chi connectivity index (χ2v) is 10.3. The van der Waals surface area contributed by atoms with Crippen molar-refractivity contribution >= 4 is 43.5 Å². The van der Waals surface area contributed by atoms with Crippen LogP contribution in [-0.4, -0.2) is 62.8 Å². The van der Waals surface area contributed by atoms with Crippen LogP contribution in [0.5, 0.6) is 5.75 Å². The van der Waals surface area contributed by atoms with Crippen molar-refractivity contribution in [2.45, 2.75) is 50.8 Å². The molecule has 206 valence electrons. The zero-order valence-electron chi connectivity index (χ0n) is 20.1. The lowest BCUT2D eigenvalue weighted by molar-refractivity contribution is -0.144. The molecule has 0 amide bonds. The van der Waals surface area contributed by atoms with Crippen molar-refractivity contribution in [3.63, 3.8) is 0 Å². The summed E-state index contributed by atoms with van der Waals surface area (Å²) in [5.74, 6) is -0.614. The molecule has 13 nitrogen and oxygen atoms in total. The van der Waals surface area contributed by atoms with E-state index in [9.17, 15) is 24.4 Å². The number of nitrogens with two attached hydrogens (primary N) is 1. The zero-order valence-corrected chi connectivity index (χ0v) is 22.6. The lowest BCUT2D eigenvalue weighted by Gasteiger charge is -2.27. The molecule has 37 heavy (non-hydrogen) atoms. The molecule has 16 heteroatoms. The highest BCUT2D eigenvalue weighted by Gasteiger charge is 2.54. The van der Waals surface area contributed by atoms with Crippen LogP contribution in [0.1, 0.15) is 27.0 Å². The van der Waals surface area contributed by atoms with Gasteiger partial charge in [0.25, 0.3) is 0 Å². The predicted molar refractivity (Wildman–Crippen MR) is 136 cm³/mol. The Labute approximate surface area is 223 Å². The van der Waals surface area contributed by atoms with Gasteiger partial charge < -0.3 is 29.9 Å². The van der Waals surface area contributed by atoms with Gasteiger partial charge in [0, 0.05) is 11.2 Å². The Bertz CT molecular complexity index is 1180. The monoisotopic (exact) mass is 582 g/mol. The summed E-state index contributed by atoms with van der Waals surface area (Å²) in [6, 6.07) is 6.12. The number of nitrogen functional groups attached to an aromatic ring is 1. The minimum atomic E-state index is -4.28. The average Bonchev–Trinajstić information content (AvgIpc) is 3.03. The Morgan fingerprint density at radius 2 is 2.03 bits per heavy atom. The summed E-state index contributed by atoms with van der Waals surface area (Å²) in [5.41, 5.74) is 2.74. The largest absolute Gasteiger partial charge is 0.465 e. The first-order chi connectivity index (χ1) is 16.9. The van der Waals surface area contributed by atoms with Crippen molar-refractivity contribution in [3.05, 3.63) is 52.0 Å². The third-order valence-electron chi connectivity index (χ3n) is 5.30. The van der Waals surface area contributed by atoms with Crippen molar-refractivity contribution in [2.24, 2.45) is 0 Å². The zero-order chi connectivity index (χ0) is 26.7. The third kappa shape index (κ3) is 7.43. The van der Waals surface area contributed by atoms with Crippen LogP contribution in [0.25, 0.3) is 0 Å². The molecule has 1 aliphatic heterocycles. The van der Waals surface area contributed by atoms with Crippen molar-refractivity contribution in [2.75, 3.05) is 18.9 Å². The van der Waals surface area contributed by atoms with E-state index < -0.39 is 56.1 Å². The Kier molecular flexibility index (Phi) is 10.5. The maximum Gasteiger partial charge on any atom is 0.459 e. The summed E-state index contributed by atoms with van der Waals surface area (Å²) in [4.78, 5) is 27.9. The third-order valence-corrected chi connectivity index (χ3v) is 7.19. The number of ether oxygens (including phenoxy) is 2. The molecule has 2 aromatic rings. The summed E-state index contributed by atoms with van der Waals surface area (Å²) in [5, 5.41) is 24.5. The average molecular weight is 583 g/mol. The summed E-state index contributed by atoms with van der Waals surface area (Å²) in [7, 11) is -4.28. The number of halogens is 2. The number of esters is 1. The van der Waals surface area contributed by atoms with Crippen LogP contribution in [0.3, 0.4) is 0 Å². The highest BCUT2D eigenvalue weighted by Crippen LogP contribution is 2.47. The van der Waals surface area contributed by atoms with Crippen LogP contribution in [0.15, 0.2) is 41.3 Å². The molecule has 1 aliphatic rings. The number of rotatable bonds is 10. The summed E-state index contributed by atoms with van der Waals surface area (Å²) in [6.07, 6.45) is -2.92. The molecule has 1 aromatic carbocycles. The van der Waals surface area contributed by atoms with Gasteiger partial charge in [0.15, 0.2) is 6.23 Å². The number of benzene rings is 1. The van der Waals surface area contributed by atoms with Crippen molar-refractivity contribution in [3.8, 4) is 5.75 Å². The Balaban J connectivity index is 0.00000481. The maximum absolute atomic E-state index is 13.6. The van der Waals surface area contributed by atoms with E-state index in [2.05, 4.69) is 10.1 Å². The first kappa shape index (κ1) is 31.0. The first-order valence-electron chi connectivity index (χ1n) is 10.9. The molecule has 0 radical (unpaired) electrons. The number of anilines is 1. The minimum absolute atomic E-state index is 0. The van der Waals surface area contributed by atoms with E-state index >= 15 is 0 Å². The van der Waals surface area contributed by atoms with Crippen LogP contribution in [0, 0.1) is 0 Å². The van der Waals surface area contributed by atoms with Gasteiger partial charge in [0.05, 0.1) is 13.2 Å². The molecule has 0 saturated carbocycles. The van der Waals surface area contributed by atoms with E-state index in [0.717, 1.165) is 4.57 Å². The minimum Gasteiger partial charge on any atom is -0.465 e. The molecule has 5 N–H and O–H groups in total. The Morgan fingerprint density at radius 3 is 2.62 bits per heavy atom. The highest BCUT2D eigenvalue weighted by atomic mass is 35.5. The van der Waals surface area contributed by atoms with Gasteiger partial charge in [-0.15, -0.1) is 12.4 Å². The molecule has 1 fully saturated rings. The molecule has 1 saturated heterocycles. The molecule has 0 bridgehead atoms. The van der Waals surface area contributed by atoms with Crippen LogP contribution in [0.4, 0.5) is 5.82 Å². The number of aromatic nitrogens is 2. The number of aliphatic hydroxyl groups excluding tert-OH is 1. The SMILES string of the molecule is CCOC(=O)[C@H](C)NP(=O)(OC[C@H]1O[C@@H](n2ccc(N)nc2=O)[C@](C)(O)[C@@H]1O)Oc1ccc(Cl)cc1.Cl. The van der Waals surface area contributed by atoms with E-state index in [0.29, 0.717) is 5.02 Å². The molecule has 3 rings (SSSR count). The molecule has 0 spiro atoms. The number of nitrogens with zero attached hydrogens (tertiary/aromatic N) is 2. The molecular weight excluding hydrogens is 554 g/mol. The number of aliphatic hydroxyl groups is 2. The van der Waals surface area contributed by atoms with Crippen LogP contribution in [0.2, 0.25) is 5.02 Å². The van der Waals surface area contributed by atoms with E-state index in [1.54, 1.807) is 6.92 Å². The molecule has 1 unspecified atom stereocenters. The van der Waals surface area contributed by atoms with Crippen molar-refractivity contribution in [1.29, 1.82) is 0 Å². The van der Waals surface area contributed by atoms with Gasteiger partial charge >= 0.3 is 19.4 Å². The van der Waals surface area contributed by atoms with Crippen LogP contribution >= 0.6 is 31.8 Å². The van der Waals surface area contributed by atoms with Crippen LogP contribution in [-0.2, 0) is 23.4 Å². The topological polar surface area (TPSA) is 184 Å². The molecule has 0 aliphatic carbocycles. The fourth-order valence-electron chi connectivity index (χ4n) is 3.44. The summed E-state index contributed by atoms with van der Waals surface area (Å²) in [6.45, 7) is 3.83. The Hall–Kier alpha value is -2.22. The molecular formula is C21H29Cl2N4O9P. The fourth-order valence-corrected chi connectivity index (χ4v) is 5.06. The number of hydrogen-bond donors (Lipinski definition) is 4. The second kappa shape index (κ2) is 12.5. The summed E-state index contributed by atoms with van der Waals surface area (Å²) < 4.78 is 36.2. The van der Waals surface area contributed by atoms with Gasteiger partial charge in [0.1, 0.15) is 35.4 Å². The smallest absolute Gasteiger partial charge is 0.459 e. The first-order valence-corrected chi connectivity index (χ1v) is 12.8. The lowest BCUT2D eigenvalue weighted by atomic mass is 9.96. The van der Waals surface area contributed by atoms with Crippen molar-refractivity contribution < 1.29 is 38.1 Å². The number of carbonyl (C=O) groups excluding carboxylic acids is 1. The van der Waals surface area contributed by atoms with Crippen LogP contribution < -0.4 is 21.0 Å². The molecule has 6 atom stereocenters. The fraction of sp³-hybridized carbons (Fsp3) is 0.476. The highest BCUT2D eigenvalue weighted by molar-refractivity contribution is 7.52. The summed E-state index contributed by atoms with van der Waals surface area (Å²) >= 11 is 5.88. The van der Waals surface area contributed by atoms with E-state index in [1.807, 2.05) is 0 Å². The maximum atomic E-state index is 13.6. The van der Waals surface area contributed by atoms with E-state index in [4.69, 9.17) is 35.9 Å². The number of carbonyl (C=O) groups is 1. The van der Waals surface area contributed by atoms with Crippen molar-refractivity contribution in [1.82, 2.24) is 14.6 Å². The molecule has 2 heterocycles. The van der Waals surface area contributed by atoms with Gasteiger partial charge in [-0.25, -0.2) is 9.36 Å². The normalized spacial score (nSPS) is 25.5. The standard InChI is InChI=1S/C21H28ClN4O9P.ClH/c1-4-32-18(28)12(2)25-36(31,35-14-7-5-13(22)6-8-14)33-11-15-17(27)21(3,30)19(34-15)26-10-9-16(23)24-20(26)29;/h5-10,12,15,17,19,27,30H,4,11H2,1-3H3,(H,25,31)(H2,23,24,29);1H/t12-,15+,17+,19+,21+,36?;/m0./s1. The van der Waals surface area contributed by atoms with Gasteiger partial charge in [-0.1, -0.05) is 11.6 Å². The quantitative estimate of drug-likeness (QED) is 0.235. The van der Waals surface area contributed by atoms with Gasteiger partial charge in [-0.3, -0.25) is 13.9 Å². The van der Waals surface area contributed by atoms with Gasteiger partial charge in [0.2, 0.25) is 0 Å². The second-order valence-electron chi connectivity index (χ2n) is 8.18. The predicted octanol–water partition coefficient (Wildman–Crippen LogP) is 1.65. The Morgan fingerprint density at radius 1 is 1.38 bits per heavy atom. The van der Waals surface area contributed by atoms with E-state index in [-0.39, 0.29) is 30.6 Å². The van der Waals surface area contributed by atoms with Gasteiger partial charge in [-0.05, 0) is 51.1 Å². The lowest BCUT2D eigenvalue weighted by Crippen LogP contribution is -2.46. The number of hydrogen-bond acceptors (Lipinski definition) is 11. The van der Waals surface area contributed by atoms with E-state index in [1.165, 1.54) is 50.4 Å². The molecule has 1 aromatic heterocycles.